The number of nitrogens with two attached hydrogens (primary N) is 1. The molecule has 0 unspecified atom stereocenters. The van der Waals surface area contributed by atoms with Crippen molar-refractivity contribution in [1.29, 1.82) is 0 Å². The van der Waals surface area contributed by atoms with Gasteiger partial charge in [-0.1, -0.05) is 44.2 Å². The molecule has 2 rings (SSSR count). The summed E-state index contributed by atoms with van der Waals surface area (Å²) >= 11 is 1.29. The predicted molar refractivity (Wildman–Crippen MR) is 95.7 cm³/mol. The summed E-state index contributed by atoms with van der Waals surface area (Å²) in [6, 6.07) is 9.29. The Hall–Kier alpha value is -2.25. The number of hydrogen-bond acceptors (Lipinski definition) is 5. The number of carbonyl (C=O) groups excluding carboxylic acids is 2. The Labute approximate surface area is 145 Å². The summed E-state index contributed by atoms with van der Waals surface area (Å²) in [7, 11) is 0. The van der Waals surface area contributed by atoms with Crippen molar-refractivity contribution < 1.29 is 9.59 Å². The second-order valence-electron chi connectivity index (χ2n) is 5.31. The molecule has 6 nitrogen and oxygen atoms in total. The Kier molecular flexibility index (Phi) is 6.45. The zero-order valence-corrected chi connectivity index (χ0v) is 14.7. The molecular weight excluding hydrogens is 324 g/mol. The fourth-order valence-corrected chi connectivity index (χ4v) is 3.26. The van der Waals surface area contributed by atoms with Crippen LogP contribution in [0.15, 0.2) is 35.7 Å². The molecule has 0 radical (unpaired) electrons. The quantitative estimate of drug-likeness (QED) is 0.767. The van der Waals surface area contributed by atoms with Crippen LogP contribution in [0, 0.1) is 0 Å². The summed E-state index contributed by atoms with van der Waals surface area (Å²) in [6.07, 6.45) is 0.0739. The number of nitrogens with one attached hydrogen (secondary N) is 1. The van der Waals surface area contributed by atoms with E-state index in [9.17, 15) is 9.59 Å². The molecule has 1 aromatic carbocycles. The minimum Gasteiger partial charge on any atom is -0.369 e. The molecule has 24 heavy (non-hydrogen) atoms. The van der Waals surface area contributed by atoms with E-state index in [0.29, 0.717) is 10.8 Å². The van der Waals surface area contributed by atoms with Gasteiger partial charge in [-0.15, -0.1) is 11.3 Å². The van der Waals surface area contributed by atoms with Gasteiger partial charge in [-0.25, -0.2) is 4.98 Å². The van der Waals surface area contributed by atoms with E-state index in [0.717, 1.165) is 18.7 Å². The molecule has 0 saturated heterocycles. The van der Waals surface area contributed by atoms with Gasteiger partial charge in [-0.2, -0.15) is 0 Å². The highest BCUT2D eigenvalue weighted by atomic mass is 32.1. The molecule has 1 aromatic heterocycles. The van der Waals surface area contributed by atoms with Gasteiger partial charge in [0.2, 0.25) is 11.8 Å². The molecule has 0 saturated carbocycles. The lowest BCUT2D eigenvalue weighted by molar-refractivity contribution is -0.121. The normalized spacial score (nSPS) is 12.1. The van der Waals surface area contributed by atoms with Crippen LogP contribution in [-0.2, 0) is 16.0 Å². The van der Waals surface area contributed by atoms with Crippen LogP contribution < -0.4 is 11.1 Å². The largest absolute Gasteiger partial charge is 0.369 e. The van der Waals surface area contributed by atoms with Gasteiger partial charge in [0, 0.05) is 5.38 Å². The highest BCUT2D eigenvalue weighted by Crippen LogP contribution is 2.24. The van der Waals surface area contributed by atoms with Crippen molar-refractivity contribution in [3.63, 3.8) is 0 Å². The SMILES string of the molecule is CCN(CC)[C@@H](C(=O)Nc1nc(CC(N)=O)cs1)c1ccccc1. The number of carbonyl (C=O) groups is 2. The Balaban J connectivity index is 2.18. The molecule has 2 amide bonds. The summed E-state index contributed by atoms with van der Waals surface area (Å²) in [4.78, 5) is 30.1. The summed E-state index contributed by atoms with van der Waals surface area (Å²) in [5.41, 5.74) is 6.68. The number of amides is 2. The fraction of sp³-hybridized carbons (Fsp3) is 0.353. The highest BCUT2D eigenvalue weighted by Gasteiger charge is 2.26. The molecule has 0 aliphatic heterocycles. The van der Waals surface area contributed by atoms with Crippen LogP contribution in [0.3, 0.4) is 0 Å². The average Bonchev–Trinajstić information content (AvgIpc) is 2.99. The summed E-state index contributed by atoms with van der Waals surface area (Å²) in [6.45, 7) is 5.57. The maximum absolute atomic E-state index is 12.8. The van der Waals surface area contributed by atoms with Crippen molar-refractivity contribution in [3.05, 3.63) is 47.0 Å². The van der Waals surface area contributed by atoms with Crippen LogP contribution in [0.5, 0.6) is 0 Å². The fourth-order valence-electron chi connectivity index (χ4n) is 2.55. The molecular formula is C17H22N4O2S. The number of primary amides is 1. The first-order valence-corrected chi connectivity index (χ1v) is 8.75. The van der Waals surface area contributed by atoms with E-state index in [1.54, 1.807) is 5.38 Å². The van der Waals surface area contributed by atoms with E-state index in [4.69, 9.17) is 5.73 Å². The molecule has 0 spiro atoms. The van der Waals surface area contributed by atoms with E-state index in [2.05, 4.69) is 15.2 Å². The molecule has 128 valence electrons. The minimum atomic E-state index is -0.441. The summed E-state index contributed by atoms with van der Waals surface area (Å²) in [5, 5.41) is 5.07. The van der Waals surface area contributed by atoms with Gasteiger partial charge in [-0.3, -0.25) is 14.5 Å². The zero-order valence-electron chi connectivity index (χ0n) is 13.9. The topological polar surface area (TPSA) is 88.3 Å². The first-order chi connectivity index (χ1) is 11.5. The van der Waals surface area contributed by atoms with Gasteiger partial charge in [0.1, 0.15) is 6.04 Å². The number of thiazole rings is 1. The third-order valence-electron chi connectivity index (χ3n) is 3.68. The number of nitrogens with zero attached hydrogens (tertiary/aromatic N) is 2. The van der Waals surface area contributed by atoms with Crippen LogP contribution in [0.25, 0.3) is 0 Å². The third kappa shape index (κ3) is 4.62. The number of anilines is 1. The standard InChI is InChI=1S/C17H22N4O2S/c1-3-21(4-2)15(12-8-6-5-7-9-12)16(23)20-17-19-13(11-24-17)10-14(18)22/h5-9,11,15H,3-4,10H2,1-2H3,(H2,18,22)(H,19,20,23)/t15-/m1/s1. The van der Waals surface area contributed by atoms with E-state index < -0.39 is 5.91 Å². The van der Waals surface area contributed by atoms with Crippen LogP contribution in [-0.4, -0.2) is 34.8 Å². The number of hydrogen-bond donors (Lipinski definition) is 2. The average molecular weight is 346 g/mol. The van der Waals surface area contributed by atoms with Crippen LogP contribution in [0.1, 0.15) is 31.1 Å². The van der Waals surface area contributed by atoms with Crippen molar-refractivity contribution >= 4 is 28.3 Å². The second kappa shape index (κ2) is 8.56. The number of rotatable bonds is 8. The molecule has 7 heteroatoms. The first kappa shape index (κ1) is 18.1. The lowest BCUT2D eigenvalue weighted by Crippen LogP contribution is -2.37. The van der Waals surface area contributed by atoms with Gasteiger partial charge in [0.15, 0.2) is 5.13 Å². The Morgan fingerprint density at radius 1 is 1.25 bits per heavy atom. The minimum absolute atomic E-state index is 0.0739. The smallest absolute Gasteiger partial charge is 0.248 e. The Morgan fingerprint density at radius 2 is 1.92 bits per heavy atom. The van der Waals surface area contributed by atoms with Crippen molar-refractivity contribution in [3.8, 4) is 0 Å². The molecule has 3 N–H and O–H groups in total. The van der Waals surface area contributed by atoms with Crippen LogP contribution in [0.2, 0.25) is 0 Å². The van der Waals surface area contributed by atoms with Gasteiger partial charge in [0.05, 0.1) is 12.1 Å². The maximum atomic E-state index is 12.8. The van der Waals surface area contributed by atoms with Crippen molar-refractivity contribution in [2.45, 2.75) is 26.3 Å². The van der Waals surface area contributed by atoms with Crippen LogP contribution in [0.4, 0.5) is 5.13 Å². The Bertz CT molecular complexity index is 683. The molecule has 1 atom stereocenters. The van der Waals surface area contributed by atoms with Crippen molar-refractivity contribution in [2.24, 2.45) is 5.73 Å². The molecule has 0 fully saturated rings. The van der Waals surface area contributed by atoms with Crippen molar-refractivity contribution in [1.82, 2.24) is 9.88 Å². The van der Waals surface area contributed by atoms with Crippen LogP contribution >= 0.6 is 11.3 Å². The van der Waals surface area contributed by atoms with Gasteiger partial charge >= 0.3 is 0 Å². The second-order valence-corrected chi connectivity index (χ2v) is 6.17. The highest BCUT2D eigenvalue weighted by molar-refractivity contribution is 7.13. The van der Waals surface area contributed by atoms with Crippen molar-refractivity contribution in [2.75, 3.05) is 18.4 Å². The van der Waals surface area contributed by atoms with E-state index in [1.807, 2.05) is 44.2 Å². The molecule has 0 bridgehead atoms. The predicted octanol–water partition coefficient (Wildman–Crippen LogP) is 2.19. The Morgan fingerprint density at radius 3 is 2.50 bits per heavy atom. The molecule has 0 aliphatic rings. The molecule has 0 aliphatic carbocycles. The maximum Gasteiger partial charge on any atom is 0.248 e. The molecule has 2 aromatic rings. The summed E-state index contributed by atoms with van der Waals surface area (Å²) < 4.78 is 0. The third-order valence-corrected chi connectivity index (χ3v) is 4.48. The van der Waals surface area contributed by atoms with Gasteiger partial charge in [0.25, 0.3) is 0 Å². The number of benzene rings is 1. The first-order valence-electron chi connectivity index (χ1n) is 7.87. The van der Waals surface area contributed by atoms with E-state index >= 15 is 0 Å². The monoisotopic (exact) mass is 346 g/mol. The number of likely N-dealkylation sites (N-methyl/N-ethyl adjacent to an activating group) is 1. The number of aromatic nitrogens is 1. The lowest BCUT2D eigenvalue weighted by atomic mass is 10.0. The van der Waals surface area contributed by atoms with E-state index in [-0.39, 0.29) is 18.4 Å². The zero-order chi connectivity index (χ0) is 17.5. The van der Waals surface area contributed by atoms with Gasteiger partial charge in [-0.05, 0) is 18.7 Å². The molecule has 1 heterocycles. The lowest BCUT2D eigenvalue weighted by Gasteiger charge is -2.28. The summed E-state index contributed by atoms with van der Waals surface area (Å²) in [5.74, 6) is -0.576. The van der Waals surface area contributed by atoms with E-state index in [1.165, 1.54) is 11.3 Å². The van der Waals surface area contributed by atoms with Gasteiger partial charge < -0.3 is 11.1 Å².